The Labute approximate surface area is 150 Å². The third kappa shape index (κ3) is 5.42. The van der Waals surface area contributed by atoms with Gasteiger partial charge in [-0.3, -0.25) is 14.5 Å². The molecule has 0 aliphatic carbocycles. The highest BCUT2D eigenvalue weighted by Gasteiger charge is 2.32. The summed E-state index contributed by atoms with van der Waals surface area (Å²) in [7, 11) is 0. The molecule has 142 valence electrons. The number of hydrogen-bond acceptors (Lipinski definition) is 5. The second-order valence-electron chi connectivity index (χ2n) is 7.29. The summed E-state index contributed by atoms with van der Waals surface area (Å²) in [5.41, 5.74) is 0. The number of carbonyl (C=O) groups is 3. The Bertz CT molecular complexity index is 487. The van der Waals surface area contributed by atoms with Gasteiger partial charge in [0.05, 0.1) is 6.61 Å². The van der Waals surface area contributed by atoms with Gasteiger partial charge >= 0.3 is 6.09 Å². The van der Waals surface area contributed by atoms with Crippen molar-refractivity contribution in [3.63, 3.8) is 0 Å². The summed E-state index contributed by atoms with van der Waals surface area (Å²) in [5, 5.41) is 0. The minimum Gasteiger partial charge on any atom is -0.450 e. The molecule has 2 rings (SSSR count). The maximum absolute atomic E-state index is 12.4. The molecule has 7 heteroatoms. The van der Waals surface area contributed by atoms with Gasteiger partial charge in [-0.25, -0.2) is 4.79 Å². The van der Waals surface area contributed by atoms with E-state index in [1.54, 1.807) is 9.80 Å². The number of Topliss-reactive ketones (excluding diaryl/α,β-unsaturated/α-hetero) is 1. The van der Waals surface area contributed by atoms with Crippen LogP contribution in [0.3, 0.4) is 0 Å². The van der Waals surface area contributed by atoms with Gasteiger partial charge < -0.3 is 14.5 Å². The number of piperidine rings is 1. The molecule has 2 fully saturated rings. The Morgan fingerprint density at radius 3 is 2.32 bits per heavy atom. The number of ether oxygens (including phenoxy) is 1. The molecule has 0 spiro atoms. The van der Waals surface area contributed by atoms with Crippen molar-refractivity contribution in [2.24, 2.45) is 5.92 Å². The number of carbonyl (C=O) groups excluding carboxylic acids is 3. The summed E-state index contributed by atoms with van der Waals surface area (Å²) in [6.07, 6.45) is 2.02. The van der Waals surface area contributed by atoms with Gasteiger partial charge in [-0.2, -0.15) is 0 Å². The molecule has 2 heterocycles. The molecule has 0 unspecified atom stereocenters. The fourth-order valence-corrected chi connectivity index (χ4v) is 3.56. The molecule has 2 saturated heterocycles. The fourth-order valence-electron chi connectivity index (χ4n) is 3.56. The topological polar surface area (TPSA) is 70.2 Å². The molecular weight excluding hydrogens is 322 g/mol. The Morgan fingerprint density at radius 1 is 1.04 bits per heavy atom. The third-order valence-electron chi connectivity index (χ3n) is 4.87. The van der Waals surface area contributed by atoms with E-state index in [1.165, 1.54) is 0 Å². The van der Waals surface area contributed by atoms with Crippen molar-refractivity contribution in [1.82, 2.24) is 14.7 Å². The number of ketones is 1. The maximum Gasteiger partial charge on any atom is 0.409 e. The Morgan fingerprint density at radius 2 is 1.72 bits per heavy atom. The van der Waals surface area contributed by atoms with Crippen LogP contribution in [0.5, 0.6) is 0 Å². The third-order valence-corrected chi connectivity index (χ3v) is 4.87. The van der Waals surface area contributed by atoms with Crippen molar-refractivity contribution in [3.05, 3.63) is 0 Å². The highest BCUT2D eigenvalue weighted by Crippen LogP contribution is 2.19. The Kier molecular flexibility index (Phi) is 7.23. The van der Waals surface area contributed by atoms with Crippen LogP contribution in [-0.4, -0.2) is 84.4 Å². The summed E-state index contributed by atoms with van der Waals surface area (Å²) in [4.78, 5) is 42.0. The van der Waals surface area contributed by atoms with Crippen molar-refractivity contribution in [2.45, 2.75) is 46.1 Å². The van der Waals surface area contributed by atoms with E-state index >= 15 is 0 Å². The van der Waals surface area contributed by atoms with Crippen molar-refractivity contribution < 1.29 is 19.1 Å². The lowest BCUT2D eigenvalue weighted by molar-refractivity contribution is -0.146. The quantitative estimate of drug-likeness (QED) is 0.698. The van der Waals surface area contributed by atoms with E-state index in [0.29, 0.717) is 39.2 Å². The van der Waals surface area contributed by atoms with Crippen molar-refractivity contribution in [2.75, 3.05) is 45.9 Å². The standard InChI is InChI=1S/C18H31N3O4/c1-4-25-18(24)20-10-8-19(9-11-20)15-6-5-7-21(13-15)17(23)16(22)12-14(2)3/h14-15H,4-13H2,1-3H3/t15-/m0/s1. The highest BCUT2D eigenvalue weighted by molar-refractivity contribution is 6.36. The number of rotatable bonds is 5. The van der Waals surface area contributed by atoms with Gasteiger partial charge in [0.15, 0.2) is 0 Å². The Hall–Kier alpha value is -1.63. The van der Waals surface area contributed by atoms with E-state index in [9.17, 15) is 14.4 Å². The molecule has 7 nitrogen and oxygen atoms in total. The largest absolute Gasteiger partial charge is 0.450 e. The molecular formula is C18H31N3O4. The molecule has 2 aliphatic rings. The Balaban J connectivity index is 1.84. The lowest BCUT2D eigenvalue weighted by atomic mass is 10.0. The van der Waals surface area contributed by atoms with Gasteiger partial charge in [0.25, 0.3) is 5.91 Å². The lowest BCUT2D eigenvalue weighted by Crippen LogP contribution is -2.57. The van der Waals surface area contributed by atoms with Crippen molar-refractivity contribution in [1.29, 1.82) is 0 Å². The average Bonchev–Trinajstić information content (AvgIpc) is 2.61. The normalized spacial score (nSPS) is 22.2. The van der Waals surface area contributed by atoms with Crippen molar-refractivity contribution >= 4 is 17.8 Å². The summed E-state index contributed by atoms with van der Waals surface area (Å²) in [6.45, 7) is 10.2. The van der Waals surface area contributed by atoms with Gasteiger partial charge in [-0.05, 0) is 25.7 Å². The SMILES string of the molecule is CCOC(=O)N1CCN([C@H]2CCCN(C(=O)C(=O)CC(C)C)C2)CC1. The predicted molar refractivity (Wildman–Crippen MR) is 94.2 cm³/mol. The van der Waals surface area contributed by atoms with Gasteiger partial charge in [0.2, 0.25) is 5.78 Å². The van der Waals surface area contributed by atoms with Gasteiger partial charge in [0.1, 0.15) is 0 Å². The summed E-state index contributed by atoms with van der Waals surface area (Å²) in [6, 6.07) is 0.272. The number of likely N-dealkylation sites (tertiary alicyclic amines) is 1. The first-order valence-electron chi connectivity index (χ1n) is 9.40. The van der Waals surface area contributed by atoms with Crippen LogP contribution in [0, 0.1) is 5.92 Å². The number of hydrogen-bond donors (Lipinski definition) is 0. The number of piperazine rings is 1. The summed E-state index contributed by atoms with van der Waals surface area (Å²) in [5.74, 6) is -0.403. The molecule has 0 aromatic heterocycles. The molecule has 0 saturated carbocycles. The summed E-state index contributed by atoms with van der Waals surface area (Å²) >= 11 is 0. The van der Waals surface area contributed by atoms with E-state index in [1.807, 2.05) is 20.8 Å². The second-order valence-corrected chi connectivity index (χ2v) is 7.29. The predicted octanol–water partition coefficient (Wildman–Crippen LogP) is 1.37. The van der Waals surface area contributed by atoms with Crippen LogP contribution in [0.1, 0.15) is 40.0 Å². The molecule has 25 heavy (non-hydrogen) atoms. The van der Waals surface area contributed by atoms with E-state index in [0.717, 1.165) is 25.9 Å². The smallest absolute Gasteiger partial charge is 0.409 e. The van der Waals surface area contributed by atoms with Crippen LogP contribution < -0.4 is 0 Å². The summed E-state index contributed by atoms with van der Waals surface area (Å²) < 4.78 is 5.05. The molecule has 0 N–H and O–H groups in total. The van der Waals surface area contributed by atoms with Crippen LogP contribution in [0.2, 0.25) is 0 Å². The maximum atomic E-state index is 12.4. The minimum absolute atomic E-state index is 0.202. The molecule has 0 aromatic rings. The first kappa shape index (κ1) is 19.7. The zero-order valence-corrected chi connectivity index (χ0v) is 15.7. The number of amides is 2. The highest BCUT2D eigenvalue weighted by atomic mass is 16.6. The monoisotopic (exact) mass is 353 g/mol. The van der Waals surface area contributed by atoms with E-state index in [4.69, 9.17) is 4.74 Å². The fraction of sp³-hybridized carbons (Fsp3) is 0.833. The molecule has 1 atom stereocenters. The van der Waals surface area contributed by atoms with Gasteiger partial charge in [-0.15, -0.1) is 0 Å². The first-order valence-corrected chi connectivity index (χ1v) is 9.40. The van der Waals surface area contributed by atoms with Gasteiger partial charge in [-0.1, -0.05) is 13.8 Å². The lowest BCUT2D eigenvalue weighted by Gasteiger charge is -2.42. The van der Waals surface area contributed by atoms with Crippen LogP contribution in [-0.2, 0) is 14.3 Å². The van der Waals surface area contributed by atoms with Crippen LogP contribution in [0.15, 0.2) is 0 Å². The van der Waals surface area contributed by atoms with E-state index < -0.39 is 0 Å². The molecule has 0 radical (unpaired) electrons. The molecule has 2 aliphatic heterocycles. The minimum atomic E-state index is -0.330. The molecule has 0 aromatic carbocycles. The zero-order chi connectivity index (χ0) is 18.4. The molecule has 2 amide bonds. The van der Waals surface area contributed by atoms with Crippen LogP contribution in [0.25, 0.3) is 0 Å². The van der Waals surface area contributed by atoms with Crippen molar-refractivity contribution in [3.8, 4) is 0 Å². The second kappa shape index (κ2) is 9.17. The van der Waals surface area contributed by atoms with Gasteiger partial charge in [0, 0.05) is 51.7 Å². The van der Waals surface area contributed by atoms with E-state index in [2.05, 4.69) is 4.90 Å². The zero-order valence-electron chi connectivity index (χ0n) is 15.7. The van der Waals surface area contributed by atoms with E-state index in [-0.39, 0.29) is 29.7 Å². The average molecular weight is 353 g/mol. The molecule has 0 bridgehead atoms. The van der Waals surface area contributed by atoms with Crippen LogP contribution >= 0.6 is 0 Å². The number of nitrogens with zero attached hydrogens (tertiary/aromatic N) is 3. The van der Waals surface area contributed by atoms with Crippen LogP contribution in [0.4, 0.5) is 4.79 Å². The first-order chi connectivity index (χ1) is 11.9.